The molecule has 1 amide bonds. The number of amides is 1. The van der Waals surface area contributed by atoms with Crippen molar-refractivity contribution >= 4 is 79.5 Å². The number of hydrogen-bond acceptors (Lipinski definition) is 7. The molecule has 0 radical (unpaired) electrons. The Bertz CT molecular complexity index is 966. The number of ether oxygens (including phenoxy) is 2. The number of benzene rings is 1. The number of thiophene rings is 1. The number of methoxy groups -OCH3 is 2. The Kier molecular flexibility index (Phi) is 8.39. The van der Waals surface area contributed by atoms with Crippen LogP contribution in [0.2, 0.25) is 8.67 Å². The lowest BCUT2D eigenvalue weighted by Gasteiger charge is -2.21. The monoisotopic (exact) mass is 495 g/mol. The number of anilines is 1. The Balaban J connectivity index is 0.00000300. The first-order valence-electron chi connectivity index (χ1n) is 8.28. The van der Waals surface area contributed by atoms with Crippen LogP contribution in [0.4, 0.5) is 5.13 Å². The lowest BCUT2D eigenvalue weighted by Crippen LogP contribution is -2.36. The first-order valence-corrected chi connectivity index (χ1v) is 10.7. The maximum Gasteiger partial charge on any atom is 0.262 e. The van der Waals surface area contributed by atoms with E-state index in [1.807, 2.05) is 25.1 Å². The molecule has 0 aliphatic heterocycles. The minimum Gasteiger partial charge on any atom is -0.495 e. The van der Waals surface area contributed by atoms with E-state index in [-0.39, 0.29) is 18.3 Å². The Hall–Kier alpha value is -1.29. The number of carbonyl (C=O) groups is 1. The minimum absolute atomic E-state index is 0. The van der Waals surface area contributed by atoms with Crippen molar-refractivity contribution in [2.24, 2.45) is 0 Å². The summed E-state index contributed by atoms with van der Waals surface area (Å²) in [5.74, 6) is 1.05. The standard InChI is InChI=1S/C18H19Cl2N3O3S2.ClH/c1-22(2)7-8-23(17(24)10-9-13(19)27-16(10)20)18-21-14-11(25-3)5-6-12(26-4)15(14)28-18;/h5-6,9H,7-8H2,1-4H3;1H. The van der Waals surface area contributed by atoms with Crippen molar-refractivity contribution in [3.63, 3.8) is 0 Å². The van der Waals surface area contributed by atoms with Crippen molar-refractivity contribution in [1.82, 2.24) is 9.88 Å². The molecule has 0 saturated heterocycles. The summed E-state index contributed by atoms with van der Waals surface area (Å²) >= 11 is 14.8. The highest BCUT2D eigenvalue weighted by Crippen LogP contribution is 2.41. The second kappa shape index (κ2) is 10.1. The van der Waals surface area contributed by atoms with Crippen molar-refractivity contribution in [3.05, 3.63) is 32.4 Å². The number of carbonyl (C=O) groups excluding carboxylic acids is 1. The highest BCUT2D eigenvalue weighted by molar-refractivity contribution is 7.23. The fourth-order valence-corrected chi connectivity index (χ4v) is 5.15. The zero-order valence-corrected chi connectivity index (χ0v) is 20.2. The minimum atomic E-state index is -0.244. The summed E-state index contributed by atoms with van der Waals surface area (Å²) in [6.45, 7) is 1.10. The van der Waals surface area contributed by atoms with Gasteiger partial charge in [0.05, 0.1) is 24.1 Å². The molecule has 158 valence electrons. The summed E-state index contributed by atoms with van der Waals surface area (Å²) in [7, 11) is 7.08. The zero-order valence-electron chi connectivity index (χ0n) is 16.2. The lowest BCUT2D eigenvalue weighted by atomic mass is 10.3. The first kappa shape index (κ1) is 24.0. The number of aromatic nitrogens is 1. The highest BCUT2D eigenvalue weighted by atomic mass is 35.5. The van der Waals surface area contributed by atoms with Gasteiger partial charge in [0.25, 0.3) is 5.91 Å². The predicted molar refractivity (Wildman–Crippen MR) is 125 cm³/mol. The molecule has 0 N–H and O–H groups in total. The number of likely N-dealkylation sites (N-methyl/N-ethyl adjacent to an activating group) is 1. The maximum absolute atomic E-state index is 13.3. The quantitative estimate of drug-likeness (QED) is 0.443. The lowest BCUT2D eigenvalue weighted by molar-refractivity contribution is 0.0986. The number of fused-ring (bicyclic) bond motifs is 1. The van der Waals surface area contributed by atoms with Gasteiger partial charge in [-0.05, 0) is 32.3 Å². The van der Waals surface area contributed by atoms with Crippen molar-refractivity contribution in [3.8, 4) is 11.5 Å². The largest absolute Gasteiger partial charge is 0.495 e. The molecule has 3 aromatic rings. The third-order valence-corrected chi connectivity index (χ3v) is 6.61. The topological polar surface area (TPSA) is 54.9 Å². The van der Waals surface area contributed by atoms with Gasteiger partial charge in [-0.2, -0.15) is 0 Å². The molecule has 0 unspecified atom stereocenters. The highest BCUT2D eigenvalue weighted by Gasteiger charge is 2.26. The summed E-state index contributed by atoms with van der Waals surface area (Å²) in [6, 6.07) is 5.21. The third-order valence-electron chi connectivity index (χ3n) is 4.03. The summed E-state index contributed by atoms with van der Waals surface area (Å²) in [5.41, 5.74) is 1.02. The van der Waals surface area contributed by atoms with E-state index in [0.29, 0.717) is 49.5 Å². The van der Waals surface area contributed by atoms with Crippen molar-refractivity contribution < 1.29 is 14.3 Å². The van der Waals surface area contributed by atoms with Gasteiger partial charge in [0.2, 0.25) is 0 Å². The number of halogens is 3. The van der Waals surface area contributed by atoms with Crippen LogP contribution < -0.4 is 14.4 Å². The van der Waals surface area contributed by atoms with Crippen LogP contribution in [0.25, 0.3) is 10.2 Å². The zero-order chi connectivity index (χ0) is 20.4. The molecule has 2 aromatic heterocycles. The van der Waals surface area contributed by atoms with Crippen molar-refractivity contribution in [2.75, 3.05) is 46.3 Å². The van der Waals surface area contributed by atoms with E-state index in [9.17, 15) is 4.79 Å². The van der Waals surface area contributed by atoms with Gasteiger partial charge in [-0.15, -0.1) is 23.7 Å². The van der Waals surface area contributed by atoms with Crippen molar-refractivity contribution in [1.29, 1.82) is 0 Å². The van der Waals surface area contributed by atoms with Gasteiger partial charge in [-0.25, -0.2) is 4.98 Å². The summed E-state index contributed by atoms with van der Waals surface area (Å²) in [4.78, 5) is 21.5. The number of rotatable bonds is 7. The molecule has 11 heteroatoms. The number of nitrogens with zero attached hydrogens (tertiary/aromatic N) is 3. The van der Waals surface area contributed by atoms with E-state index in [1.54, 1.807) is 31.3 Å². The second-order valence-corrected chi connectivity index (χ2v) is 9.41. The number of hydrogen-bond donors (Lipinski definition) is 0. The van der Waals surface area contributed by atoms with E-state index in [0.717, 1.165) is 4.70 Å². The average Bonchev–Trinajstić information content (AvgIpc) is 3.23. The molecule has 3 rings (SSSR count). The molecule has 0 saturated carbocycles. The Morgan fingerprint density at radius 2 is 1.76 bits per heavy atom. The van der Waals surface area contributed by atoms with Gasteiger partial charge in [-0.1, -0.05) is 34.5 Å². The molecule has 6 nitrogen and oxygen atoms in total. The Morgan fingerprint density at radius 3 is 2.31 bits per heavy atom. The van der Waals surface area contributed by atoms with Crippen LogP contribution in [-0.4, -0.2) is 57.2 Å². The predicted octanol–water partition coefficient (Wildman–Crippen LogP) is 5.31. The maximum atomic E-state index is 13.3. The van der Waals surface area contributed by atoms with E-state index >= 15 is 0 Å². The third kappa shape index (κ3) is 5.07. The summed E-state index contributed by atoms with van der Waals surface area (Å²) in [6.07, 6.45) is 0. The van der Waals surface area contributed by atoms with Crippen LogP contribution >= 0.6 is 58.3 Å². The Morgan fingerprint density at radius 1 is 1.10 bits per heavy atom. The molecule has 2 heterocycles. The van der Waals surface area contributed by atoms with E-state index in [2.05, 4.69) is 4.98 Å². The molecule has 0 aliphatic rings. The fourth-order valence-electron chi connectivity index (χ4n) is 2.61. The van der Waals surface area contributed by atoms with Crippen LogP contribution in [0, 0.1) is 0 Å². The molecule has 0 spiro atoms. The van der Waals surface area contributed by atoms with Crippen LogP contribution in [0.15, 0.2) is 18.2 Å². The second-order valence-electron chi connectivity index (χ2n) is 6.14. The first-order chi connectivity index (χ1) is 13.3. The van der Waals surface area contributed by atoms with E-state index < -0.39 is 0 Å². The molecule has 0 bridgehead atoms. The van der Waals surface area contributed by atoms with Gasteiger partial charge in [-0.3, -0.25) is 9.69 Å². The molecule has 0 aliphatic carbocycles. The fraction of sp³-hybridized carbons (Fsp3) is 0.333. The van der Waals surface area contributed by atoms with Gasteiger partial charge in [0.15, 0.2) is 5.13 Å². The van der Waals surface area contributed by atoms with Crippen LogP contribution in [-0.2, 0) is 0 Å². The molecular weight excluding hydrogens is 477 g/mol. The molecule has 0 atom stereocenters. The normalized spacial score (nSPS) is 10.9. The van der Waals surface area contributed by atoms with E-state index in [1.165, 1.54) is 22.7 Å². The molecular formula is C18H20Cl3N3O3S2. The van der Waals surface area contributed by atoms with Gasteiger partial charge < -0.3 is 14.4 Å². The molecule has 1 aromatic carbocycles. The van der Waals surface area contributed by atoms with Gasteiger partial charge >= 0.3 is 0 Å². The summed E-state index contributed by atoms with van der Waals surface area (Å²) in [5, 5.41) is 0.544. The number of thiazole rings is 1. The van der Waals surface area contributed by atoms with Crippen LogP contribution in [0.3, 0.4) is 0 Å². The van der Waals surface area contributed by atoms with Crippen LogP contribution in [0.1, 0.15) is 10.4 Å². The van der Waals surface area contributed by atoms with Crippen LogP contribution in [0.5, 0.6) is 11.5 Å². The SMILES string of the molecule is COc1ccc(OC)c2sc(N(CCN(C)C)C(=O)c3cc(Cl)sc3Cl)nc12.Cl. The molecule has 29 heavy (non-hydrogen) atoms. The summed E-state index contributed by atoms with van der Waals surface area (Å²) < 4.78 is 12.5. The average molecular weight is 497 g/mol. The van der Waals surface area contributed by atoms with Gasteiger partial charge in [0, 0.05) is 13.1 Å². The van der Waals surface area contributed by atoms with Crippen molar-refractivity contribution in [2.45, 2.75) is 0 Å². The molecule has 0 fully saturated rings. The van der Waals surface area contributed by atoms with Gasteiger partial charge in [0.1, 0.15) is 26.1 Å². The Labute approximate surface area is 193 Å². The van der Waals surface area contributed by atoms with E-state index in [4.69, 9.17) is 32.7 Å². The smallest absolute Gasteiger partial charge is 0.262 e.